The zero-order valence-electron chi connectivity index (χ0n) is 16.6. The Kier molecular flexibility index (Phi) is 4.80. The number of aromatic nitrogens is 3. The smallest absolute Gasteiger partial charge is 0.277 e. The standard InChI is InChI=1S/C23H19N5O3/c29-22(20-14-27(26-25-20)13-16-4-2-1-3-5-16)24-19-6-7-21-17(12-19)8-10-28(21)23(30)18-9-11-31-15-18/h1-7,9,11-12,14-15H,8,10,13H2,(H,24,29). The van der Waals surface area contributed by atoms with Gasteiger partial charge in [0.15, 0.2) is 5.69 Å². The van der Waals surface area contributed by atoms with Gasteiger partial charge in [-0.3, -0.25) is 9.59 Å². The predicted octanol–water partition coefficient (Wildman–Crippen LogP) is 3.37. The second kappa shape index (κ2) is 7.91. The number of furan rings is 1. The Morgan fingerprint density at radius 3 is 2.77 bits per heavy atom. The third kappa shape index (κ3) is 3.83. The lowest BCUT2D eigenvalue weighted by molar-refractivity contribution is 0.0986. The minimum absolute atomic E-state index is 0.0979. The number of carbonyl (C=O) groups is 2. The summed E-state index contributed by atoms with van der Waals surface area (Å²) >= 11 is 0. The van der Waals surface area contributed by atoms with Crippen LogP contribution in [0.3, 0.4) is 0 Å². The van der Waals surface area contributed by atoms with E-state index < -0.39 is 0 Å². The van der Waals surface area contributed by atoms with Crippen molar-refractivity contribution in [1.29, 1.82) is 0 Å². The molecule has 2 aromatic carbocycles. The van der Waals surface area contributed by atoms with Gasteiger partial charge in [-0.2, -0.15) is 0 Å². The first kappa shape index (κ1) is 18.8. The van der Waals surface area contributed by atoms with Crippen LogP contribution in [0.15, 0.2) is 77.7 Å². The lowest BCUT2D eigenvalue weighted by Gasteiger charge is -2.16. The Labute approximate surface area is 178 Å². The fraction of sp³-hybridized carbons (Fsp3) is 0.130. The summed E-state index contributed by atoms with van der Waals surface area (Å²) in [7, 11) is 0. The zero-order valence-corrected chi connectivity index (χ0v) is 16.6. The van der Waals surface area contributed by atoms with Crippen molar-refractivity contribution in [3.8, 4) is 0 Å². The number of rotatable bonds is 5. The fourth-order valence-electron chi connectivity index (χ4n) is 3.68. The minimum atomic E-state index is -0.330. The molecule has 0 saturated heterocycles. The van der Waals surface area contributed by atoms with Crippen molar-refractivity contribution in [2.75, 3.05) is 16.8 Å². The summed E-state index contributed by atoms with van der Waals surface area (Å²) in [6.07, 6.45) is 5.27. The Morgan fingerprint density at radius 2 is 1.97 bits per heavy atom. The van der Waals surface area contributed by atoms with Gasteiger partial charge in [-0.1, -0.05) is 35.5 Å². The Morgan fingerprint density at radius 1 is 1.10 bits per heavy atom. The van der Waals surface area contributed by atoms with Crippen LogP contribution >= 0.6 is 0 Å². The van der Waals surface area contributed by atoms with Crippen molar-refractivity contribution in [2.45, 2.75) is 13.0 Å². The molecule has 2 amide bonds. The average molecular weight is 413 g/mol. The molecule has 31 heavy (non-hydrogen) atoms. The largest absolute Gasteiger partial charge is 0.472 e. The monoisotopic (exact) mass is 413 g/mol. The first-order valence-electron chi connectivity index (χ1n) is 9.90. The van der Waals surface area contributed by atoms with Crippen LogP contribution in [-0.4, -0.2) is 33.4 Å². The van der Waals surface area contributed by atoms with E-state index in [9.17, 15) is 9.59 Å². The van der Waals surface area contributed by atoms with Crippen LogP contribution in [0.25, 0.3) is 0 Å². The van der Waals surface area contributed by atoms with Gasteiger partial charge in [0.1, 0.15) is 6.26 Å². The molecule has 0 aliphatic carbocycles. The van der Waals surface area contributed by atoms with E-state index in [2.05, 4.69) is 15.6 Å². The zero-order chi connectivity index (χ0) is 21.2. The van der Waals surface area contributed by atoms with Gasteiger partial charge in [-0.25, -0.2) is 4.68 Å². The number of amides is 2. The molecule has 8 nitrogen and oxygen atoms in total. The second-order valence-corrected chi connectivity index (χ2v) is 7.30. The van der Waals surface area contributed by atoms with Crippen molar-refractivity contribution in [2.24, 2.45) is 0 Å². The SMILES string of the molecule is O=C(Nc1ccc2c(c1)CCN2C(=O)c1ccoc1)c1cn(Cc2ccccc2)nn1. The maximum absolute atomic E-state index is 12.6. The van der Waals surface area contributed by atoms with Crippen LogP contribution < -0.4 is 10.2 Å². The third-order valence-electron chi connectivity index (χ3n) is 5.20. The molecule has 0 unspecified atom stereocenters. The molecule has 1 aliphatic heterocycles. The molecular weight excluding hydrogens is 394 g/mol. The van der Waals surface area contributed by atoms with Crippen LogP contribution in [0.1, 0.15) is 32.0 Å². The van der Waals surface area contributed by atoms with Crippen LogP contribution in [-0.2, 0) is 13.0 Å². The molecule has 154 valence electrons. The van der Waals surface area contributed by atoms with Gasteiger partial charge in [0.25, 0.3) is 11.8 Å². The van der Waals surface area contributed by atoms with Crippen molar-refractivity contribution in [3.05, 3.63) is 95.7 Å². The molecule has 0 radical (unpaired) electrons. The van der Waals surface area contributed by atoms with E-state index in [0.717, 1.165) is 23.2 Å². The number of hydrogen-bond acceptors (Lipinski definition) is 5. The van der Waals surface area contributed by atoms with Crippen molar-refractivity contribution in [1.82, 2.24) is 15.0 Å². The van der Waals surface area contributed by atoms with E-state index in [-0.39, 0.29) is 17.5 Å². The van der Waals surface area contributed by atoms with Crippen molar-refractivity contribution < 1.29 is 14.0 Å². The van der Waals surface area contributed by atoms with Crippen LogP contribution in [0.2, 0.25) is 0 Å². The number of nitrogens with zero attached hydrogens (tertiary/aromatic N) is 4. The highest BCUT2D eigenvalue weighted by atomic mass is 16.3. The predicted molar refractivity (Wildman–Crippen MR) is 114 cm³/mol. The number of anilines is 2. The summed E-state index contributed by atoms with van der Waals surface area (Å²) in [5.74, 6) is -0.428. The maximum Gasteiger partial charge on any atom is 0.277 e. The molecule has 4 aromatic rings. The lowest BCUT2D eigenvalue weighted by atomic mass is 10.1. The molecule has 1 aliphatic rings. The number of fused-ring (bicyclic) bond motifs is 1. The normalized spacial score (nSPS) is 12.6. The van der Waals surface area contributed by atoms with E-state index >= 15 is 0 Å². The topological polar surface area (TPSA) is 93.3 Å². The third-order valence-corrected chi connectivity index (χ3v) is 5.20. The summed E-state index contributed by atoms with van der Waals surface area (Å²) < 4.78 is 6.65. The first-order chi connectivity index (χ1) is 15.2. The lowest BCUT2D eigenvalue weighted by Crippen LogP contribution is -2.28. The second-order valence-electron chi connectivity index (χ2n) is 7.30. The summed E-state index contributed by atoms with van der Waals surface area (Å²) in [6, 6.07) is 17.0. The van der Waals surface area contributed by atoms with Gasteiger partial charge in [0.05, 0.1) is 24.6 Å². The van der Waals surface area contributed by atoms with Crippen LogP contribution in [0, 0.1) is 0 Å². The Balaban J connectivity index is 1.27. The highest BCUT2D eigenvalue weighted by Gasteiger charge is 2.26. The summed E-state index contributed by atoms with van der Waals surface area (Å²) in [6.45, 7) is 1.13. The molecule has 5 rings (SSSR count). The molecule has 2 aromatic heterocycles. The fourth-order valence-corrected chi connectivity index (χ4v) is 3.68. The van der Waals surface area contributed by atoms with Crippen molar-refractivity contribution in [3.63, 3.8) is 0 Å². The molecular formula is C23H19N5O3. The number of nitrogens with one attached hydrogen (secondary N) is 1. The number of hydrogen-bond donors (Lipinski definition) is 1. The van der Waals surface area contributed by atoms with E-state index in [1.165, 1.54) is 12.5 Å². The van der Waals surface area contributed by atoms with E-state index in [1.54, 1.807) is 27.9 Å². The quantitative estimate of drug-likeness (QED) is 0.541. The number of carbonyl (C=O) groups excluding carboxylic acids is 2. The molecule has 8 heteroatoms. The van der Waals surface area contributed by atoms with Gasteiger partial charge in [-0.05, 0) is 41.8 Å². The van der Waals surface area contributed by atoms with Crippen molar-refractivity contribution >= 4 is 23.2 Å². The summed E-state index contributed by atoms with van der Waals surface area (Å²) in [4.78, 5) is 27.0. The van der Waals surface area contributed by atoms with Gasteiger partial charge < -0.3 is 14.6 Å². The molecule has 0 spiro atoms. The van der Waals surface area contributed by atoms with E-state index in [4.69, 9.17) is 4.42 Å². The van der Waals surface area contributed by atoms with E-state index in [0.29, 0.717) is 24.3 Å². The van der Waals surface area contributed by atoms with Crippen LogP contribution in [0.4, 0.5) is 11.4 Å². The maximum atomic E-state index is 12.6. The summed E-state index contributed by atoms with van der Waals surface area (Å²) in [5.41, 5.74) is 4.34. The Bertz CT molecular complexity index is 1230. The molecule has 1 N–H and O–H groups in total. The van der Waals surface area contributed by atoms with Crippen LogP contribution in [0.5, 0.6) is 0 Å². The first-order valence-corrected chi connectivity index (χ1v) is 9.90. The van der Waals surface area contributed by atoms with E-state index in [1.807, 2.05) is 42.5 Å². The molecule has 3 heterocycles. The molecule has 0 fully saturated rings. The highest BCUT2D eigenvalue weighted by molar-refractivity contribution is 6.07. The number of benzene rings is 2. The average Bonchev–Trinajstić information content (AvgIpc) is 3.54. The molecule has 0 saturated carbocycles. The highest BCUT2D eigenvalue weighted by Crippen LogP contribution is 2.31. The minimum Gasteiger partial charge on any atom is -0.472 e. The summed E-state index contributed by atoms with van der Waals surface area (Å²) in [5, 5.41) is 10.9. The van der Waals surface area contributed by atoms with Gasteiger partial charge in [0, 0.05) is 17.9 Å². The van der Waals surface area contributed by atoms with Gasteiger partial charge in [0.2, 0.25) is 0 Å². The molecule has 0 bridgehead atoms. The molecule has 0 atom stereocenters. The van der Waals surface area contributed by atoms with Gasteiger partial charge in [-0.15, -0.1) is 5.10 Å². The Hall–Kier alpha value is -4.20. The van der Waals surface area contributed by atoms with Gasteiger partial charge >= 0.3 is 0 Å².